The molecule has 0 spiro atoms. The summed E-state index contributed by atoms with van der Waals surface area (Å²) in [5.41, 5.74) is 7.82. The number of halogens is 4. The summed E-state index contributed by atoms with van der Waals surface area (Å²) in [4.78, 5) is 10.4. The Kier molecular flexibility index (Phi) is 11.4. The zero-order valence-electron chi connectivity index (χ0n) is 23.7. The van der Waals surface area contributed by atoms with E-state index in [1.165, 1.54) is 24.3 Å². The van der Waals surface area contributed by atoms with Gasteiger partial charge in [-0.2, -0.15) is 0 Å². The molecule has 6 rings (SSSR count). The van der Waals surface area contributed by atoms with Crippen molar-refractivity contribution in [3.63, 3.8) is 0 Å². The van der Waals surface area contributed by atoms with Crippen LogP contribution in [0, 0.1) is 11.6 Å². The normalized spacial score (nSPS) is 11.6. The topological polar surface area (TPSA) is 24.7 Å². The molecular weight excluding hydrogens is 652 g/mol. The Labute approximate surface area is 276 Å². The van der Waals surface area contributed by atoms with E-state index in [0.717, 1.165) is 33.6 Å². The molecule has 0 saturated heterocycles. The number of para-hydroxylation sites is 2. The van der Waals surface area contributed by atoms with Crippen molar-refractivity contribution in [3.05, 3.63) is 180 Å². The van der Waals surface area contributed by atoms with Crippen LogP contribution in [0.15, 0.2) is 168 Å². The van der Waals surface area contributed by atoms with Crippen molar-refractivity contribution in [1.29, 1.82) is 0 Å². The van der Waals surface area contributed by atoms with Crippen LogP contribution in [0.1, 0.15) is 11.1 Å². The summed E-state index contributed by atoms with van der Waals surface area (Å²) in [5.74, 6) is -0.699. The predicted molar refractivity (Wildman–Crippen MR) is 181 cm³/mol. The molecule has 0 aromatic heterocycles. The molecule has 6 aromatic rings. The Morgan fingerprint density at radius 3 is 1.09 bits per heavy atom. The van der Waals surface area contributed by atoms with Crippen molar-refractivity contribution < 1.29 is 21.4 Å². The molecule has 0 heterocycles. The number of rotatable bonds is 7. The van der Waals surface area contributed by atoms with Gasteiger partial charge in [0, 0.05) is 22.3 Å². The van der Waals surface area contributed by atoms with Gasteiger partial charge < -0.3 is 0 Å². The Morgan fingerprint density at radius 2 is 0.733 bits per heavy atom. The maximum atomic E-state index is 14.1. The van der Waals surface area contributed by atoms with Crippen LogP contribution in [0.2, 0.25) is 0 Å². The molecule has 7 heteroatoms. The molecule has 226 valence electrons. The number of hydrogen-bond donors (Lipinski definition) is 0. The summed E-state index contributed by atoms with van der Waals surface area (Å²) in [5, 5.41) is 0. The van der Waals surface area contributed by atoms with Gasteiger partial charge in [-0.05, 0) is 71.8 Å². The van der Waals surface area contributed by atoms with Crippen molar-refractivity contribution in [2.24, 2.45) is 9.98 Å². The second-order valence-corrected chi connectivity index (χ2v) is 11.4. The van der Waals surface area contributed by atoms with Crippen LogP contribution in [0.5, 0.6) is 0 Å². The van der Waals surface area contributed by atoms with Crippen LogP contribution in [-0.4, -0.2) is 11.4 Å². The summed E-state index contributed by atoms with van der Waals surface area (Å²) in [7, 11) is 9.40. The minimum absolute atomic E-state index is 0.350. The zero-order valence-corrected chi connectivity index (χ0v) is 26.2. The van der Waals surface area contributed by atoms with Gasteiger partial charge in [0.25, 0.3) is 0 Å². The van der Waals surface area contributed by atoms with Crippen LogP contribution in [-0.2, 0) is 12.7 Å². The molecule has 0 bridgehead atoms. The molecule has 6 aromatic carbocycles. The fraction of sp³-hybridized carbons (Fsp3) is 0. The third-order valence-electron chi connectivity index (χ3n) is 6.90. The van der Waals surface area contributed by atoms with E-state index < -0.39 is 0 Å². The number of benzene rings is 6. The second-order valence-electron chi connectivity index (χ2n) is 9.75. The van der Waals surface area contributed by atoms with Crippen molar-refractivity contribution in [2.75, 3.05) is 0 Å². The summed E-state index contributed by atoms with van der Waals surface area (Å²) < 4.78 is 28.2. The molecule has 2 nitrogen and oxygen atoms in total. The minimum atomic E-state index is -0.350. The monoisotopic (exact) mass is 676 g/mol. The van der Waals surface area contributed by atoms with Gasteiger partial charge in [-0.1, -0.05) is 97.1 Å². The molecule has 0 saturated carbocycles. The second kappa shape index (κ2) is 16.1. The van der Waals surface area contributed by atoms with Crippen molar-refractivity contribution in [2.45, 2.75) is 0 Å². The first kappa shape index (κ1) is 32.0. The molecule has 0 aliphatic rings. The summed E-state index contributed by atoms with van der Waals surface area (Å²) in [6, 6.07) is 48.3. The Bertz CT molecular complexity index is 1750. The van der Waals surface area contributed by atoms with Gasteiger partial charge in [0.05, 0.1) is 22.8 Å². The van der Waals surface area contributed by atoms with Crippen LogP contribution in [0.25, 0.3) is 22.3 Å². The fourth-order valence-corrected chi connectivity index (χ4v) is 4.83. The molecule has 45 heavy (non-hydrogen) atoms. The van der Waals surface area contributed by atoms with E-state index in [4.69, 9.17) is 30.4 Å². The van der Waals surface area contributed by atoms with Crippen LogP contribution < -0.4 is 0 Å². The van der Waals surface area contributed by atoms with Gasteiger partial charge in [0.2, 0.25) is 0 Å². The molecule has 0 unspecified atom stereocenters. The summed E-state index contributed by atoms with van der Waals surface area (Å²) >= 11 is 0.569. The van der Waals surface area contributed by atoms with Crippen molar-refractivity contribution in [1.82, 2.24) is 0 Å². The van der Waals surface area contributed by atoms with Gasteiger partial charge in [0.1, 0.15) is 11.6 Å². The molecule has 0 aliphatic heterocycles. The third kappa shape index (κ3) is 8.41. The van der Waals surface area contributed by atoms with E-state index >= 15 is 0 Å². The van der Waals surface area contributed by atoms with Crippen LogP contribution in [0.3, 0.4) is 0 Å². The van der Waals surface area contributed by atoms with E-state index in [1.54, 1.807) is 24.3 Å². The summed E-state index contributed by atoms with van der Waals surface area (Å²) in [6.45, 7) is 0. The molecule has 0 N–H and O–H groups in total. The Hall–Kier alpha value is -4.41. The first-order valence-electron chi connectivity index (χ1n) is 13.9. The Balaban J connectivity index is 0.00000128. The van der Waals surface area contributed by atoms with Crippen molar-refractivity contribution >= 4 is 43.2 Å². The van der Waals surface area contributed by atoms with E-state index in [-0.39, 0.29) is 11.6 Å². The molecular formula is C38H26Cl2F2N2Ni. The van der Waals surface area contributed by atoms with E-state index in [2.05, 4.69) is 0 Å². The average Bonchev–Trinajstić information content (AvgIpc) is 3.09. The van der Waals surface area contributed by atoms with Crippen LogP contribution in [0.4, 0.5) is 20.2 Å². The number of hydrogen-bond acceptors (Lipinski definition) is 2. The summed E-state index contributed by atoms with van der Waals surface area (Å²) in [6.07, 6.45) is 0. The maximum absolute atomic E-state index is 14.1. The predicted octanol–water partition coefficient (Wildman–Crippen LogP) is 11.6. The average molecular weight is 678 g/mol. The van der Waals surface area contributed by atoms with Gasteiger partial charge in [-0.15, -0.1) is 0 Å². The van der Waals surface area contributed by atoms with Crippen molar-refractivity contribution in [3.8, 4) is 22.3 Å². The third-order valence-corrected chi connectivity index (χ3v) is 6.90. The Morgan fingerprint density at radius 1 is 0.422 bits per heavy atom. The SMILES string of the molecule is Fc1ccc(C(=Nc2ccccc2-c2ccccc2)C(=Nc2ccccc2-c2ccccc2)c2ccc(F)cc2)cc1.[Cl][Ni][Cl]. The van der Waals surface area contributed by atoms with Gasteiger partial charge in [0.15, 0.2) is 0 Å². The quantitative estimate of drug-likeness (QED) is 0.119. The molecule has 0 fully saturated rings. The standard InChI is InChI=1S/C38H26F2N2.2ClH.Ni/c39-31-23-19-29(20-24-31)37(41-35-17-9-7-15-33(35)27-11-3-1-4-12-27)38(30-21-25-32(40)26-22-30)42-36-18-10-8-16-34(36)28-13-5-2-6-14-28;;;/h1-26H;2*1H;/q;;;+2/p-2. The fourth-order valence-electron chi connectivity index (χ4n) is 4.83. The molecule has 0 aliphatic carbocycles. The molecule has 0 atom stereocenters. The van der Waals surface area contributed by atoms with Gasteiger partial charge >= 0.3 is 33.0 Å². The van der Waals surface area contributed by atoms with Crippen LogP contribution >= 0.6 is 20.4 Å². The van der Waals surface area contributed by atoms with Gasteiger partial charge in [-0.3, -0.25) is 0 Å². The first-order valence-corrected chi connectivity index (χ1v) is 16.6. The van der Waals surface area contributed by atoms with E-state index in [9.17, 15) is 8.78 Å². The zero-order chi connectivity index (χ0) is 31.4. The molecule has 0 amide bonds. The molecule has 0 radical (unpaired) electrons. The van der Waals surface area contributed by atoms with Gasteiger partial charge in [-0.25, -0.2) is 18.8 Å². The van der Waals surface area contributed by atoms with E-state index in [1.807, 2.05) is 109 Å². The number of aliphatic imine (C=N–C) groups is 2. The first-order chi connectivity index (χ1) is 22.1. The van der Waals surface area contributed by atoms with E-state index in [0.29, 0.717) is 35.2 Å². The number of nitrogens with zero attached hydrogens (tertiary/aromatic N) is 2.